The highest BCUT2D eigenvalue weighted by molar-refractivity contribution is 5.83. The number of carbonyl (C=O) groups excluding carboxylic acids is 1. The number of ether oxygens (including phenoxy) is 2. The second kappa shape index (κ2) is 6.64. The van der Waals surface area contributed by atoms with Gasteiger partial charge in [0.25, 0.3) is 0 Å². The predicted octanol–water partition coefficient (Wildman–Crippen LogP) is 1.81. The van der Waals surface area contributed by atoms with E-state index in [0.29, 0.717) is 11.5 Å². The molecule has 1 N–H and O–H groups in total. The van der Waals surface area contributed by atoms with Crippen molar-refractivity contribution >= 4 is 12.1 Å². The fourth-order valence-electron chi connectivity index (χ4n) is 1.20. The van der Waals surface area contributed by atoms with Gasteiger partial charge in [-0.1, -0.05) is 13.8 Å². The molecule has 1 aromatic carbocycles. The van der Waals surface area contributed by atoms with Crippen LogP contribution in [0, 0.1) is 5.92 Å². The molecule has 5 heteroatoms. The van der Waals surface area contributed by atoms with Crippen molar-refractivity contribution in [2.75, 3.05) is 14.2 Å². The minimum Gasteiger partial charge on any atom is -0.497 e. The topological polar surface area (TPSA) is 59.9 Å². The summed E-state index contributed by atoms with van der Waals surface area (Å²) in [5.74, 6) is 1.13. The average Bonchev–Trinajstić information content (AvgIpc) is 2.37. The van der Waals surface area contributed by atoms with Crippen molar-refractivity contribution in [2.45, 2.75) is 13.8 Å². The Hall–Kier alpha value is -2.04. The van der Waals surface area contributed by atoms with Crippen molar-refractivity contribution in [1.82, 2.24) is 5.43 Å². The van der Waals surface area contributed by atoms with Crippen LogP contribution in [-0.2, 0) is 4.79 Å². The van der Waals surface area contributed by atoms with Crippen LogP contribution in [0.15, 0.2) is 23.3 Å². The van der Waals surface area contributed by atoms with Gasteiger partial charge in [-0.15, -0.1) is 0 Å². The van der Waals surface area contributed by atoms with Gasteiger partial charge < -0.3 is 9.47 Å². The first-order valence-electron chi connectivity index (χ1n) is 5.62. The zero-order valence-electron chi connectivity index (χ0n) is 11.1. The zero-order chi connectivity index (χ0) is 13.5. The molecule has 98 valence electrons. The highest BCUT2D eigenvalue weighted by atomic mass is 16.5. The summed E-state index contributed by atoms with van der Waals surface area (Å²) in [6.45, 7) is 3.61. The number of amides is 1. The molecule has 0 atom stereocenters. The Balaban J connectivity index is 2.77. The molecule has 1 rings (SSSR count). The van der Waals surface area contributed by atoms with Crippen LogP contribution in [0.2, 0.25) is 0 Å². The number of methoxy groups -OCH3 is 2. The molecule has 0 bridgehead atoms. The van der Waals surface area contributed by atoms with Crippen LogP contribution in [0.3, 0.4) is 0 Å². The smallest absolute Gasteiger partial charge is 0.242 e. The summed E-state index contributed by atoms with van der Waals surface area (Å²) in [6.07, 6.45) is 1.55. The van der Waals surface area contributed by atoms with Gasteiger partial charge in [0.2, 0.25) is 5.91 Å². The predicted molar refractivity (Wildman–Crippen MR) is 70.1 cm³/mol. The van der Waals surface area contributed by atoms with Gasteiger partial charge in [0.05, 0.1) is 20.4 Å². The van der Waals surface area contributed by atoms with Gasteiger partial charge in [-0.3, -0.25) is 4.79 Å². The van der Waals surface area contributed by atoms with E-state index in [9.17, 15) is 4.79 Å². The third-order valence-corrected chi connectivity index (χ3v) is 2.29. The van der Waals surface area contributed by atoms with Gasteiger partial charge >= 0.3 is 0 Å². The maximum Gasteiger partial charge on any atom is 0.242 e. The van der Waals surface area contributed by atoms with Crippen molar-refractivity contribution in [3.8, 4) is 11.5 Å². The molecule has 0 aliphatic carbocycles. The molecular formula is C13H18N2O3. The van der Waals surface area contributed by atoms with Gasteiger partial charge in [-0.05, 0) is 12.1 Å². The van der Waals surface area contributed by atoms with Crippen molar-refractivity contribution in [1.29, 1.82) is 0 Å². The summed E-state index contributed by atoms with van der Waals surface area (Å²) in [5.41, 5.74) is 3.24. The van der Waals surface area contributed by atoms with Crippen LogP contribution in [0.1, 0.15) is 19.4 Å². The lowest BCUT2D eigenvalue weighted by Gasteiger charge is -2.05. The van der Waals surface area contributed by atoms with Crippen LogP contribution in [-0.4, -0.2) is 26.3 Å². The first-order valence-corrected chi connectivity index (χ1v) is 5.62. The van der Waals surface area contributed by atoms with E-state index in [-0.39, 0.29) is 11.8 Å². The Labute approximate surface area is 107 Å². The number of nitrogens with zero attached hydrogens (tertiary/aromatic N) is 1. The summed E-state index contributed by atoms with van der Waals surface area (Å²) in [7, 11) is 3.16. The molecule has 0 aliphatic rings. The third kappa shape index (κ3) is 4.08. The monoisotopic (exact) mass is 250 g/mol. The zero-order valence-corrected chi connectivity index (χ0v) is 11.1. The standard InChI is InChI=1S/C13H18N2O3/c1-9(2)13(16)15-14-8-10-5-11(17-3)7-12(6-10)18-4/h5-9H,1-4H3,(H,15,16)/b14-8-. The minimum atomic E-state index is -0.124. The lowest BCUT2D eigenvalue weighted by atomic mass is 10.2. The molecule has 0 spiro atoms. The van der Waals surface area contributed by atoms with Crippen molar-refractivity contribution in [2.24, 2.45) is 11.0 Å². The van der Waals surface area contributed by atoms with Crippen LogP contribution >= 0.6 is 0 Å². The van der Waals surface area contributed by atoms with E-state index < -0.39 is 0 Å². The Morgan fingerprint density at radius 3 is 2.22 bits per heavy atom. The van der Waals surface area contributed by atoms with Crippen LogP contribution in [0.4, 0.5) is 0 Å². The number of nitrogens with one attached hydrogen (secondary N) is 1. The molecule has 0 saturated heterocycles. The quantitative estimate of drug-likeness (QED) is 0.640. The summed E-state index contributed by atoms with van der Waals surface area (Å²) < 4.78 is 10.3. The van der Waals surface area contributed by atoms with Gasteiger partial charge in [0.1, 0.15) is 11.5 Å². The van der Waals surface area contributed by atoms with Gasteiger partial charge in [-0.25, -0.2) is 5.43 Å². The first kappa shape index (κ1) is 14.0. The van der Waals surface area contributed by atoms with E-state index >= 15 is 0 Å². The van der Waals surface area contributed by atoms with Gasteiger partial charge in [0, 0.05) is 17.5 Å². The Kier molecular flexibility index (Phi) is 5.17. The molecule has 0 fully saturated rings. The summed E-state index contributed by atoms with van der Waals surface area (Å²) in [6, 6.07) is 5.37. The molecule has 0 unspecified atom stereocenters. The summed E-state index contributed by atoms with van der Waals surface area (Å²) in [5, 5.41) is 3.88. The largest absolute Gasteiger partial charge is 0.497 e. The van der Waals surface area contributed by atoms with Crippen LogP contribution in [0.25, 0.3) is 0 Å². The van der Waals surface area contributed by atoms with E-state index in [1.165, 1.54) is 0 Å². The molecule has 5 nitrogen and oxygen atoms in total. The molecule has 0 radical (unpaired) electrons. The lowest BCUT2D eigenvalue weighted by Crippen LogP contribution is -2.22. The second-order valence-corrected chi connectivity index (χ2v) is 4.03. The normalized spacial score (nSPS) is 10.7. The van der Waals surface area contributed by atoms with E-state index in [2.05, 4.69) is 10.5 Å². The number of benzene rings is 1. The van der Waals surface area contributed by atoms with Crippen LogP contribution in [0.5, 0.6) is 11.5 Å². The highest BCUT2D eigenvalue weighted by Gasteiger charge is 2.04. The van der Waals surface area contributed by atoms with E-state index in [0.717, 1.165) is 5.56 Å². The summed E-state index contributed by atoms with van der Waals surface area (Å²) >= 11 is 0. The Morgan fingerprint density at radius 1 is 1.22 bits per heavy atom. The molecule has 1 aromatic rings. The molecule has 18 heavy (non-hydrogen) atoms. The summed E-state index contributed by atoms with van der Waals surface area (Å²) in [4.78, 5) is 11.3. The molecule has 0 aliphatic heterocycles. The van der Waals surface area contributed by atoms with Crippen molar-refractivity contribution in [3.63, 3.8) is 0 Å². The highest BCUT2D eigenvalue weighted by Crippen LogP contribution is 2.21. The number of carbonyl (C=O) groups is 1. The van der Waals surface area contributed by atoms with Gasteiger partial charge in [0.15, 0.2) is 0 Å². The number of hydrazone groups is 1. The molecule has 0 heterocycles. The third-order valence-electron chi connectivity index (χ3n) is 2.29. The maximum absolute atomic E-state index is 11.3. The number of hydrogen-bond donors (Lipinski definition) is 1. The second-order valence-electron chi connectivity index (χ2n) is 4.03. The SMILES string of the molecule is COc1cc(/C=N\NC(=O)C(C)C)cc(OC)c1. The fourth-order valence-corrected chi connectivity index (χ4v) is 1.20. The minimum absolute atomic E-state index is 0.0954. The van der Waals surface area contributed by atoms with E-state index in [1.54, 1.807) is 52.5 Å². The average molecular weight is 250 g/mol. The number of rotatable bonds is 5. The molecule has 1 amide bonds. The first-order chi connectivity index (χ1) is 8.56. The van der Waals surface area contributed by atoms with Crippen molar-refractivity contribution < 1.29 is 14.3 Å². The number of hydrogen-bond acceptors (Lipinski definition) is 4. The molecular weight excluding hydrogens is 232 g/mol. The lowest BCUT2D eigenvalue weighted by molar-refractivity contribution is -0.123. The Bertz CT molecular complexity index is 420. The van der Waals surface area contributed by atoms with E-state index in [4.69, 9.17) is 9.47 Å². The molecule has 0 aromatic heterocycles. The Morgan fingerprint density at radius 2 is 1.78 bits per heavy atom. The van der Waals surface area contributed by atoms with Crippen LogP contribution < -0.4 is 14.9 Å². The fraction of sp³-hybridized carbons (Fsp3) is 0.385. The van der Waals surface area contributed by atoms with E-state index in [1.807, 2.05) is 0 Å². The van der Waals surface area contributed by atoms with Crippen molar-refractivity contribution in [3.05, 3.63) is 23.8 Å². The maximum atomic E-state index is 11.3. The van der Waals surface area contributed by atoms with Gasteiger partial charge in [-0.2, -0.15) is 5.10 Å². The molecule has 0 saturated carbocycles.